The predicted octanol–water partition coefficient (Wildman–Crippen LogP) is 0.971. The van der Waals surface area contributed by atoms with Gasteiger partial charge in [0, 0.05) is 31.9 Å². The molecule has 2 amide bonds. The zero-order chi connectivity index (χ0) is 18.3. The van der Waals surface area contributed by atoms with E-state index in [0.717, 1.165) is 19.6 Å². The van der Waals surface area contributed by atoms with Crippen molar-refractivity contribution in [3.05, 3.63) is 29.8 Å². The number of nitrogens with zero attached hydrogens (tertiary/aromatic N) is 2. The Hall–Kier alpha value is -2.43. The lowest BCUT2D eigenvalue weighted by Crippen LogP contribution is -2.48. The van der Waals surface area contributed by atoms with Gasteiger partial charge >= 0.3 is 0 Å². The largest absolute Gasteiger partial charge is 0.379 e. The summed E-state index contributed by atoms with van der Waals surface area (Å²) in [6, 6.07) is 8.61. The molecule has 134 valence electrons. The highest BCUT2D eigenvalue weighted by atomic mass is 16.5. The highest BCUT2D eigenvalue weighted by Crippen LogP contribution is 2.19. The van der Waals surface area contributed by atoms with Crippen LogP contribution in [0.5, 0.6) is 0 Å². The molecule has 1 aliphatic rings. The third kappa shape index (κ3) is 5.28. The van der Waals surface area contributed by atoms with Crippen molar-refractivity contribution in [3.63, 3.8) is 0 Å². The van der Waals surface area contributed by atoms with Crippen LogP contribution in [-0.2, 0) is 14.3 Å². The number of morpholine rings is 1. The molecule has 0 aliphatic carbocycles. The molecule has 1 aliphatic heterocycles. The van der Waals surface area contributed by atoms with E-state index in [2.05, 4.69) is 15.5 Å². The summed E-state index contributed by atoms with van der Waals surface area (Å²) in [7, 11) is 0. The van der Waals surface area contributed by atoms with Crippen molar-refractivity contribution in [2.45, 2.75) is 13.8 Å². The van der Waals surface area contributed by atoms with Gasteiger partial charge in [-0.15, -0.1) is 0 Å². The van der Waals surface area contributed by atoms with Gasteiger partial charge in [-0.2, -0.15) is 5.26 Å². The van der Waals surface area contributed by atoms with Crippen LogP contribution in [0, 0.1) is 16.7 Å². The van der Waals surface area contributed by atoms with Crippen LogP contribution in [0.4, 0.5) is 5.69 Å². The fourth-order valence-electron chi connectivity index (χ4n) is 2.43. The first-order chi connectivity index (χ1) is 11.9. The molecular weight excluding hydrogens is 320 g/mol. The average molecular weight is 344 g/mol. The van der Waals surface area contributed by atoms with Crippen LogP contribution < -0.4 is 10.6 Å². The second kappa shape index (κ2) is 8.60. The number of rotatable bonds is 6. The van der Waals surface area contributed by atoms with Gasteiger partial charge in [0.2, 0.25) is 11.8 Å². The molecule has 0 saturated carbocycles. The van der Waals surface area contributed by atoms with E-state index in [1.54, 1.807) is 38.1 Å². The van der Waals surface area contributed by atoms with E-state index in [-0.39, 0.29) is 5.91 Å². The van der Waals surface area contributed by atoms with Crippen LogP contribution in [0.3, 0.4) is 0 Å². The fraction of sp³-hybridized carbons (Fsp3) is 0.500. The number of amides is 2. The summed E-state index contributed by atoms with van der Waals surface area (Å²) in [5.74, 6) is -0.735. The summed E-state index contributed by atoms with van der Waals surface area (Å²) in [5, 5.41) is 14.4. The Morgan fingerprint density at radius 3 is 2.68 bits per heavy atom. The smallest absolute Gasteiger partial charge is 0.239 e. The Morgan fingerprint density at radius 1 is 1.28 bits per heavy atom. The van der Waals surface area contributed by atoms with Gasteiger partial charge in [0.25, 0.3) is 0 Å². The highest BCUT2D eigenvalue weighted by molar-refractivity contribution is 6.09. The van der Waals surface area contributed by atoms with Crippen LogP contribution in [-0.4, -0.2) is 56.1 Å². The van der Waals surface area contributed by atoms with Crippen molar-refractivity contribution in [1.29, 1.82) is 5.26 Å². The molecule has 0 spiro atoms. The lowest BCUT2D eigenvalue weighted by atomic mass is 9.91. The predicted molar refractivity (Wildman–Crippen MR) is 93.8 cm³/mol. The van der Waals surface area contributed by atoms with E-state index in [1.165, 1.54) is 0 Å². The molecule has 1 aromatic carbocycles. The Kier molecular flexibility index (Phi) is 6.51. The Labute approximate surface area is 147 Å². The van der Waals surface area contributed by atoms with Crippen molar-refractivity contribution >= 4 is 17.5 Å². The molecule has 0 bridgehead atoms. The van der Waals surface area contributed by atoms with Crippen molar-refractivity contribution in [2.24, 2.45) is 5.41 Å². The molecule has 25 heavy (non-hydrogen) atoms. The molecule has 1 aromatic rings. The van der Waals surface area contributed by atoms with Crippen molar-refractivity contribution in [1.82, 2.24) is 10.2 Å². The van der Waals surface area contributed by atoms with Crippen molar-refractivity contribution in [3.8, 4) is 6.07 Å². The first-order valence-corrected chi connectivity index (χ1v) is 8.33. The summed E-state index contributed by atoms with van der Waals surface area (Å²) in [5.41, 5.74) is -0.267. The maximum atomic E-state index is 12.5. The van der Waals surface area contributed by atoms with Gasteiger partial charge in [-0.05, 0) is 32.0 Å². The summed E-state index contributed by atoms with van der Waals surface area (Å²) in [4.78, 5) is 27.1. The molecule has 0 unspecified atom stereocenters. The number of benzene rings is 1. The normalized spacial score (nSPS) is 15.2. The topological polar surface area (TPSA) is 94.5 Å². The second-order valence-corrected chi connectivity index (χ2v) is 6.48. The minimum Gasteiger partial charge on any atom is -0.379 e. The Balaban J connectivity index is 1.86. The summed E-state index contributed by atoms with van der Waals surface area (Å²) in [6.45, 7) is 7.52. The Bertz CT molecular complexity index is 661. The van der Waals surface area contributed by atoms with E-state index < -0.39 is 11.3 Å². The van der Waals surface area contributed by atoms with Crippen LogP contribution in [0.2, 0.25) is 0 Å². The minimum absolute atomic E-state index is 0.324. The summed E-state index contributed by atoms with van der Waals surface area (Å²) in [6.07, 6.45) is 0. The van der Waals surface area contributed by atoms with Gasteiger partial charge < -0.3 is 15.4 Å². The molecule has 1 saturated heterocycles. The number of carbonyl (C=O) groups is 2. The van der Waals surface area contributed by atoms with E-state index >= 15 is 0 Å². The van der Waals surface area contributed by atoms with Gasteiger partial charge in [0.05, 0.1) is 24.8 Å². The molecule has 7 heteroatoms. The zero-order valence-corrected chi connectivity index (χ0v) is 14.7. The molecular formula is C18H24N4O3. The zero-order valence-electron chi connectivity index (χ0n) is 14.7. The quantitative estimate of drug-likeness (QED) is 0.750. The first-order valence-electron chi connectivity index (χ1n) is 8.33. The number of carbonyl (C=O) groups excluding carboxylic acids is 2. The number of nitriles is 1. The first kappa shape index (κ1) is 18.9. The average Bonchev–Trinajstić information content (AvgIpc) is 2.62. The maximum Gasteiger partial charge on any atom is 0.239 e. The van der Waals surface area contributed by atoms with Crippen molar-refractivity contribution < 1.29 is 14.3 Å². The van der Waals surface area contributed by atoms with E-state index in [1.807, 2.05) is 6.07 Å². The molecule has 2 rings (SSSR count). The van der Waals surface area contributed by atoms with Crippen molar-refractivity contribution in [2.75, 3.05) is 44.7 Å². The van der Waals surface area contributed by atoms with Crippen LogP contribution >= 0.6 is 0 Å². The summed E-state index contributed by atoms with van der Waals surface area (Å²) < 4.78 is 5.28. The van der Waals surface area contributed by atoms with Gasteiger partial charge in [0.15, 0.2) is 0 Å². The van der Waals surface area contributed by atoms with E-state index in [4.69, 9.17) is 10.00 Å². The lowest BCUT2D eigenvalue weighted by molar-refractivity contribution is -0.138. The third-order valence-electron chi connectivity index (χ3n) is 4.20. The molecule has 1 heterocycles. The maximum absolute atomic E-state index is 12.5. The summed E-state index contributed by atoms with van der Waals surface area (Å²) >= 11 is 0. The molecule has 2 N–H and O–H groups in total. The fourth-order valence-corrected chi connectivity index (χ4v) is 2.43. The Morgan fingerprint density at radius 2 is 2.00 bits per heavy atom. The SMILES string of the molecule is CC(C)(C(=O)NCCN1CCOCC1)C(=O)Nc1cccc(C#N)c1. The second-order valence-electron chi connectivity index (χ2n) is 6.48. The van der Waals surface area contributed by atoms with Gasteiger partial charge in [-0.3, -0.25) is 14.5 Å². The molecule has 0 aromatic heterocycles. The number of nitrogens with one attached hydrogen (secondary N) is 2. The van der Waals surface area contributed by atoms with Gasteiger partial charge in [-0.1, -0.05) is 6.07 Å². The van der Waals surface area contributed by atoms with E-state index in [9.17, 15) is 9.59 Å². The highest BCUT2D eigenvalue weighted by Gasteiger charge is 2.36. The molecule has 0 radical (unpaired) electrons. The van der Waals surface area contributed by atoms with Gasteiger partial charge in [-0.25, -0.2) is 0 Å². The standard InChI is InChI=1S/C18H24N4O3/c1-18(2,16(23)20-6-7-22-8-10-25-11-9-22)17(24)21-15-5-3-4-14(12-15)13-19/h3-5,12H,6-11H2,1-2H3,(H,20,23)(H,21,24). The van der Waals surface area contributed by atoms with Crippen LogP contribution in [0.15, 0.2) is 24.3 Å². The molecule has 7 nitrogen and oxygen atoms in total. The third-order valence-corrected chi connectivity index (χ3v) is 4.20. The lowest BCUT2D eigenvalue weighted by Gasteiger charge is -2.27. The number of ether oxygens (including phenoxy) is 1. The molecule has 0 atom stereocenters. The van der Waals surface area contributed by atoms with Crippen LogP contribution in [0.25, 0.3) is 0 Å². The minimum atomic E-state index is -1.21. The number of anilines is 1. The molecule has 1 fully saturated rings. The van der Waals surface area contributed by atoms with Gasteiger partial charge in [0.1, 0.15) is 5.41 Å². The van der Waals surface area contributed by atoms with E-state index in [0.29, 0.717) is 31.0 Å². The number of hydrogen-bond acceptors (Lipinski definition) is 5. The monoisotopic (exact) mass is 344 g/mol. The number of hydrogen-bond donors (Lipinski definition) is 2. The van der Waals surface area contributed by atoms with Crippen LogP contribution in [0.1, 0.15) is 19.4 Å².